The van der Waals surface area contributed by atoms with Gasteiger partial charge in [-0.05, 0) is 13.3 Å². The van der Waals surface area contributed by atoms with Crippen molar-refractivity contribution in [1.29, 1.82) is 0 Å². The first-order valence-electron chi connectivity index (χ1n) is 5.17. The molecule has 1 saturated carbocycles. The topological polar surface area (TPSA) is 29.1 Å². The summed E-state index contributed by atoms with van der Waals surface area (Å²) in [6.07, 6.45) is 0.411. The molecule has 0 unspecified atom stereocenters. The molecule has 0 aromatic heterocycles. The molecule has 0 saturated heterocycles. The van der Waals surface area contributed by atoms with Gasteiger partial charge in [-0.25, -0.2) is 22.0 Å². The van der Waals surface area contributed by atoms with Crippen molar-refractivity contribution in [1.82, 2.24) is 0 Å². The van der Waals surface area contributed by atoms with Gasteiger partial charge in [-0.3, -0.25) is 4.79 Å². The Kier molecular flexibility index (Phi) is 3.32. The lowest BCUT2D eigenvalue weighted by molar-refractivity contribution is -0.120. The van der Waals surface area contributed by atoms with Crippen LogP contribution in [0, 0.1) is 34.5 Å². The number of anilines is 1. The van der Waals surface area contributed by atoms with Crippen molar-refractivity contribution in [2.45, 2.75) is 18.2 Å². The Hall–Kier alpha value is -1.18. The van der Waals surface area contributed by atoms with Crippen LogP contribution in [0.25, 0.3) is 0 Å². The van der Waals surface area contributed by atoms with Gasteiger partial charge in [0, 0.05) is 4.83 Å². The molecule has 1 aliphatic carbocycles. The molecule has 0 spiro atoms. The highest BCUT2D eigenvalue weighted by Crippen LogP contribution is 2.51. The molecule has 0 heterocycles. The van der Waals surface area contributed by atoms with E-state index in [1.54, 1.807) is 5.32 Å². The zero-order valence-corrected chi connectivity index (χ0v) is 11.0. The summed E-state index contributed by atoms with van der Waals surface area (Å²) < 4.78 is 65.3. The number of benzene rings is 1. The summed E-state index contributed by atoms with van der Waals surface area (Å²) in [6, 6.07) is 0. The highest BCUT2D eigenvalue weighted by molar-refractivity contribution is 9.09. The summed E-state index contributed by atoms with van der Waals surface area (Å²) in [5.41, 5.74) is -2.24. The summed E-state index contributed by atoms with van der Waals surface area (Å²) >= 11 is 3.14. The van der Waals surface area contributed by atoms with Gasteiger partial charge in [0.15, 0.2) is 23.3 Å². The fourth-order valence-corrected chi connectivity index (χ4v) is 2.40. The van der Waals surface area contributed by atoms with E-state index in [0.29, 0.717) is 6.42 Å². The molecule has 1 aromatic carbocycles. The molecule has 8 heteroatoms. The monoisotopic (exact) mass is 343 g/mol. The molecule has 2 atom stereocenters. The van der Waals surface area contributed by atoms with Gasteiger partial charge in [-0.1, -0.05) is 15.9 Å². The number of carbonyl (C=O) groups is 1. The van der Waals surface area contributed by atoms with Gasteiger partial charge < -0.3 is 5.32 Å². The molecular weight excluding hydrogens is 337 g/mol. The van der Waals surface area contributed by atoms with Crippen molar-refractivity contribution in [3.63, 3.8) is 0 Å². The SMILES string of the molecule is C[C@@]1(C(=O)Nc2c(F)c(F)c(F)c(F)c2F)C[C@@H]1Br. The second-order valence-corrected chi connectivity index (χ2v) is 5.59. The van der Waals surface area contributed by atoms with E-state index in [-0.39, 0.29) is 4.83 Å². The fraction of sp³-hybridized carbons (Fsp3) is 0.364. The fourth-order valence-electron chi connectivity index (χ4n) is 1.52. The lowest BCUT2D eigenvalue weighted by atomic mass is 10.1. The third-order valence-electron chi connectivity index (χ3n) is 3.10. The molecule has 1 fully saturated rings. The van der Waals surface area contributed by atoms with Crippen LogP contribution in [0.3, 0.4) is 0 Å². The standard InChI is InChI=1S/C11H7BrF5NO/c1-11(2-3(11)12)10(19)18-9-7(16)5(14)4(13)6(15)8(9)17/h3H,2H2,1H3,(H,18,19)/t3-,11+/m0/s1. The molecular formula is C11H7BrF5NO. The van der Waals surface area contributed by atoms with Crippen LogP contribution in [0.1, 0.15) is 13.3 Å². The van der Waals surface area contributed by atoms with E-state index in [2.05, 4.69) is 15.9 Å². The molecule has 19 heavy (non-hydrogen) atoms. The highest BCUT2D eigenvalue weighted by Gasteiger charge is 2.55. The number of hydrogen-bond acceptors (Lipinski definition) is 1. The van der Waals surface area contributed by atoms with E-state index in [1.807, 2.05) is 0 Å². The Labute approximate surface area is 113 Å². The van der Waals surface area contributed by atoms with Gasteiger partial charge >= 0.3 is 0 Å². The van der Waals surface area contributed by atoms with Crippen LogP contribution in [-0.4, -0.2) is 10.7 Å². The van der Waals surface area contributed by atoms with Crippen molar-refractivity contribution in [2.24, 2.45) is 5.41 Å². The highest BCUT2D eigenvalue weighted by atomic mass is 79.9. The Morgan fingerprint density at radius 3 is 1.84 bits per heavy atom. The van der Waals surface area contributed by atoms with E-state index in [1.165, 1.54) is 6.92 Å². The summed E-state index contributed by atoms with van der Waals surface area (Å²) in [4.78, 5) is 11.5. The van der Waals surface area contributed by atoms with Gasteiger partial charge in [-0.15, -0.1) is 0 Å². The number of nitrogens with one attached hydrogen (secondary N) is 1. The van der Waals surface area contributed by atoms with Crippen LogP contribution >= 0.6 is 15.9 Å². The van der Waals surface area contributed by atoms with Gasteiger partial charge in [0.05, 0.1) is 5.41 Å². The Bertz CT molecular complexity index is 550. The number of carbonyl (C=O) groups excluding carboxylic acids is 1. The average molecular weight is 344 g/mol. The smallest absolute Gasteiger partial charge is 0.231 e. The molecule has 1 aromatic rings. The van der Waals surface area contributed by atoms with Crippen LogP contribution in [0.2, 0.25) is 0 Å². The van der Waals surface area contributed by atoms with Crippen LogP contribution in [-0.2, 0) is 4.79 Å². The largest absolute Gasteiger partial charge is 0.320 e. The first-order valence-corrected chi connectivity index (χ1v) is 6.08. The molecule has 104 valence electrons. The molecule has 1 aliphatic rings. The molecule has 1 amide bonds. The third-order valence-corrected chi connectivity index (χ3v) is 4.44. The predicted molar refractivity (Wildman–Crippen MR) is 60.3 cm³/mol. The number of rotatable bonds is 2. The van der Waals surface area contributed by atoms with Crippen LogP contribution in [0.5, 0.6) is 0 Å². The van der Waals surface area contributed by atoms with E-state index in [9.17, 15) is 26.7 Å². The first-order chi connectivity index (χ1) is 8.70. The van der Waals surface area contributed by atoms with Crippen molar-refractivity contribution >= 4 is 27.5 Å². The Balaban J connectivity index is 2.39. The maximum absolute atomic E-state index is 13.3. The van der Waals surface area contributed by atoms with Crippen molar-refractivity contribution < 1.29 is 26.7 Å². The van der Waals surface area contributed by atoms with Gasteiger partial charge in [0.2, 0.25) is 11.7 Å². The van der Waals surface area contributed by atoms with Gasteiger partial charge in [-0.2, -0.15) is 0 Å². The molecule has 0 aliphatic heterocycles. The number of alkyl halides is 1. The van der Waals surface area contributed by atoms with E-state index < -0.39 is 46.1 Å². The number of amides is 1. The van der Waals surface area contributed by atoms with Crippen molar-refractivity contribution in [3.05, 3.63) is 29.1 Å². The van der Waals surface area contributed by atoms with Crippen molar-refractivity contribution in [2.75, 3.05) is 5.32 Å². The minimum Gasteiger partial charge on any atom is -0.320 e. The molecule has 2 rings (SSSR count). The lowest BCUT2D eigenvalue weighted by Crippen LogP contribution is -2.25. The van der Waals surface area contributed by atoms with Crippen molar-refractivity contribution in [3.8, 4) is 0 Å². The molecule has 0 radical (unpaired) electrons. The lowest BCUT2D eigenvalue weighted by Gasteiger charge is -2.13. The maximum Gasteiger partial charge on any atom is 0.231 e. The number of halogens is 6. The summed E-state index contributed by atoms with van der Waals surface area (Å²) in [7, 11) is 0. The Morgan fingerprint density at radius 1 is 1.11 bits per heavy atom. The Morgan fingerprint density at radius 2 is 1.47 bits per heavy atom. The van der Waals surface area contributed by atoms with E-state index in [0.717, 1.165) is 0 Å². The van der Waals surface area contributed by atoms with Crippen LogP contribution < -0.4 is 5.32 Å². The minimum atomic E-state index is -2.26. The van der Waals surface area contributed by atoms with Gasteiger partial charge in [0.25, 0.3) is 0 Å². The second kappa shape index (κ2) is 4.43. The molecule has 2 nitrogen and oxygen atoms in total. The third kappa shape index (κ3) is 2.11. The first kappa shape index (κ1) is 14.2. The average Bonchev–Trinajstić information content (AvgIpc) is 2.99. The second-order valence-electron chi connectivity index (χ2n) is 4.49. The summed E-state index contributed by atoms with van der Waals surface area (Å²) in [5, 5.41) is 1.75. The number of hydrogen-bond donors (Lipinski definition) is 1. The summed E-state index contributed by atoms with van der Waals surface area (Å²) in [6.45, 7) is 1.51. The van der Waals surface area contributed by atoms with E-state index >= 15 is 0 Å². The quantitative estimate of drug-likeness (QED) is 0.378. The zero-order valence-electron chi connectivity index (χ0n) is 9.46. The molecule has 1 N–H and O–H groups in total. The normalized spacial score (nSPS) is 25.3. The van der Waals surface area contributed by atoms with Crippen LogP contribution in [0.15, 0.2) is 0 Å². The van der Waals surface area contributed by atoms with Crippen LogP contribution in [0.4, 0.5) is 27.6 Å². The minimum absolute atomic E-state index is 0.193. The van der Waals surface area contributed by atoms with E-state index in [4.69, 9.17) is 0 Å². The zero-order chi connectivity index (χ0) is 14.5. The molecule has 0 bridgehead atoms. The maximum atomic E-state index is 13.3. The summed E-state index contributed by atoms with van der Waals surface area (Å²) in [5.74, 6) is -11.4. The predicted octanol–water partition coefficient (Wildman–Crippen LogP) is 3.49. The van der Waals surface area contributed by atoms with Gasteiger partial charge in [0.1, 0.15) is 5.69 Å².